The van der Waals surface area contributed by atoms with E-state index in [2.05, 4.69) is 44.5 Å². The third-order valence-electron chi connectivity index (χ3n) is 5.27. The molecule has 0 radical (unpaired) electrons. The number of nitrogens with one attached hydrogen (secondary N) is 1. The molecule has 1 amide bonds. The number of carbonyl (C=O) groups is 1. The molecule has 0 aliphatic carbocycles. The molecule has 0 spiro atoms. The molecule has 4 rings (SSSR count). The summed E-state index contributed by atoms with van der Waals surface area (Å²) >= 11 is 0. The molecule has 4 aromatic rings. The van der Waals surface area contributed by atoms with E-state index in [1.165, 1.54) is 11.2 Å². The van der Waals surface area contributed by atoms with Crippen LogP contribution in [0.1, 0.15) is 11.1 Å². The lowest BCUT2D eigenvalue weighted by atomic mass is 10.1. The van der Waals surface area contributed by atoms with Gasteiger partial charge in [-0.05, 0) is 29.3 Å². The molecule has 0 aliphatic heterocycles. The number of hydrogen-bond donors (Lipinski definition) is 2. The summed E-state index contributed by atoms with van der Waals surface area (Å²) in [5.74, 6) is 1.15. The van der Waals surface area contributed by atoms with Crippen LogP contribution in [0, 0.1) is 0 Å². The number of nitrogen functional groups attached to an aromatic ring is 1. The van der Waals surface area contributed by atoms with E-state index in [1.54, 1.807) is 25.2 Å². The summed E-state index contributed by atoms with van der Waals surface area (Å²) < 4.78 is 0. The first-order valence-electron chi connectivity index (χ1n) is 10.6. The van der Waals surface area contributed by atoms with Gasteiger partial charge in [-0.3, -0.25) is 9.69 Å². The highest BCUT2D eigenvalue weighted by atomic mass is 16.1. The summed E-state index contributed by atoms with van der Waals surface area (Å²) in [5, 5.41) is 3.22. The molecule has 0 aliphatic rings. The Morgan fingerprint density at radius 2 is 1.45 bits per heavy atom. The minimum absolute atomic E-state index is 0.453. The Kier molecular flexibility index (Phi) is 6.80. The lowest BCUT2D eigenvalue weighted by Crippen LogP contribution is -2.26. The van der Waals surface area contributed by atoms with Gasteiger partial charge in [0.2, 0.25) is 6.41 Å². The average Bonchev–Trinajstić information content (AvgIpc) is 2.85. The zero-order valence-electron chi connectivity index (χ0n) is 18.4. The van der Waals surface area contributed by atoms with Crippen LogP contribution >= 0.6 is 0 Å². The van der Waals surface area contributed by atoms with Crippen LogP contribution in [0.15, 0.2) is 91.3 Å². The highest BCUT2D eigenvalue weighted by molar-refractivity contribution is 5.93. The maximum atomic E-state index is 12.1. The third kappa shape index (κ3) is 5.10. The van der Waals surface area contributed by atoms with Crippen molar-refractivity contribution >= 4 is 35.1 Å². The molecular formula is C26H26N6O. The van der Waals surface area contributed by atoms with Crippen molar-refractivity contribution in [2.75, 3.05) is 27.9 Å². The van der Waals surface area contributed by atoms with E-state index in [0.29, 0.717) is 41.8 Å². The second kappa shape index (κ2) is 10.3. The first-order valence-corrected chi connectivity index (χ1v) is 10.6. The van der Waals surface area contributed by atoms with Crippen LogP contribution in [0.5, 0.6) is 0 Å². The zero-order chi connectivity index (χ0) is 23.0. The van der Waals surface area contributed by atoms with Crippen molar-refractivity contribution < 1.29 is 4.79 Å². The first kappa shape index (κ1) is 21.8. The number of rotatable bonds is 9. The van der Waals surface area contributed by atoms with E-state index in [0.717, 1.165) is 17.5 Å². The molecule has 0 atom stereocenters. The highest BCUT2D eigenvalue weighted by Crippen LogP contribution is 2.36. The van der Waals surface area contributed by atoms with E-state index in [1.807, 2.05) is 42.5 Å². The quantitative estimate of drug-likeness (QED) is 0.293. The van der Waals surface area contributed by atoms with Crippen molar-refractivity contribution in [3.8, 4) is 0 Å². The van der Waals surface area contributed by atoms with Gasteiger partial charge in [0, 0.05) is 25.8 Å². The second-order valence-electron chi connectivity index (χ2n) is 7.54. The van der Waals surface area contributed by atoms with Crippen molar-refractivity contribution in [2.24, 2.45) is 0 Å². The number of benzene rings is 3. The monoisotopic (exact) mass is 438 g/mol. The summed E-state index contributed by atoms with van der Waals surface area (Å²) in [7, 11) is 1.80. The standard InChI is InChI=1S/C26H26N6O/c1-28-24-25(29-18-30-26(24)32(19-33)23-14-8-13-22(27)15-23)31(16-20-9-4-2-5-10-20)17-21-11-6-3-7-12-21/h2-15,18-19,28H,16-17,27H2,1H3. The van der Waals surface area contributed by atoms with Crippen LogP contribution in [-0.4, -0.2) is 23.4 Å². The minimum atomic E-state index is 0.453. The van der Waals surface area contributed by atoms with Crippen LogP contribution in [-0.2, 0) is 17.9 Å². The van der Waals surface area contributed by atoms with Crippen LogP contribution in [0.3, 0.4) is 0 Å². The summed E-state index contributed by atoms with van der Waals surface area (Å²) in [6.07, 6.45) is 2.22. The van der Waals surface area contributed by atoms with Crippen LogP contribution < -0.4 is 20.9 Å². The van der Waals surface area contributed by atoms with Crippen molar-refractivity contribution in [2.45, 2.75) is 13.1 Å². The van der Waals surface area contributed by atoms with Gasteiger partial charge in [0.25, 0.3) is 0 Å². The van der Waals surface area contributed by atoms with Gasteiger partial charge in [0.05, 0.1) is 5.69 Å². The number of nitrogens with two attached hydrogens (primary N) is 1. The fourth-order valence-corrected chi connectivity index (χ4v) is 3.73. The predicted molar refractivity (Wildman–Crippen MR) is 133 cm³/mol. The Morgan fingerprint density at radius 3 is 2.00 bits per heavy atom. The predicted octanol–water partition coefficient (Wildman–Crippen LogP) is 4.60. The highest BCUT2D eigenvalue weighted by Gasteiger charge is 2.22. The van der Waals surface area contributed by atoms with E-state index in [9.17, 15) is 4.79 Å². The molecule has 7 nitrogen and oxygen atoms in total. The van der Waals surface area contributed by atoms with Gasteiger partial charge in [-0.1, -0.05) is 66.7 Å². The van der Waals surface area contributed by atoms with Gasteiger partial charge in [0.1, 0.15) is 12.0 Å². The molecule has 1 heterocycles. The Bertz CT molecular complexity index is 1160. The molecule has 0 saturated carbocycles. The number of hydrogen-bond acceptors (Lipinski definition) is 6. The molecule has 0 unspecified atom stereocenters. The largest absolute Gasteiger partial charge is 0.399 e. The number of amides is 1. The molecule has 7 heteroatoms. The van der Waals surface area contributed by atoms with Gasteiger partial charge in [-0.2, -0.15) is 0 Å². The maximum Gasteiger partial charge on any atom is 0.219 e. The number of aromatic nitrogens is 2. The second-order valence-corrected chi connectivity index (χ2v) is 7.54. The molecule has 0 fully saturated rings. The summed E-state index contributed by atoms with van der Waals surface area (Å²) in [6.45, 7) is 1.28. The Balaban J connectivity index is 1.78. The van der Waals surface area contributed by atoms with Crippen LogP contribution in [0.25, 0.3) is 0 Å². The van der Waals surface area contributed by atoms with Gasteiger partial charge in [-0.15, -0.1) is 0 Å². The minimum Gasteiger partial charge on any atom is -0.399 e. The average molecular weight is 439 g/mol. The van der Waals surface area contributed by atoms with Gasteiger partial charge in [0.15, 0.2) is 11.6 Å². The molecule has 3 N–H and O–H groups in total. The van der Waals surface area contributed by atoms with Crippen molar-refractivity contribution in [3.63, 3.8) is 0 Å². The SMILES string of the molecule is CNc1c(N(Cc2ccccc2)Cc2ccccc2)ncnc1N(C=O)c1cccc(N)c1. The summed E-state index contributed by atoms with van der Waals surface area (Å²) in [6, 6.07) is 27.6. The fraction of sp³-hybridized carbons (Fsp3) is 0.115. The summed E-state index contributed by atoms with van der Waals surface area (Å²) in [5.41, 5.74) is 10.1. The van der Waals surface area contributed by atoms with Crippen molar-refractivity contribution in [3.05, 3.63) is 102 Å². The molecule has 1 aromatic heterocycles. The van der Waals surface area contributed by atoms with Crippen molar-refractivity contribution in [1.29, 1.82) is 0 Å². The number of anilines is 5. The lowest BCUT2D eigenvalue weighted by molar-refractivity contribution is -0.106. The van der Waals surface area contributed by atoms with E-state index >= 15 is 0 Å². The van der Waals surface area contributed by atoms with Gasteiger partial charge >= 0.3 is 0 Å². The Labute approximate surface area is 193 Å². The normalized spacial score (nSPS) is 10.5. The molecule has 3 aromatic carbocycles. The third-order valence-corrected chi connectivity index (χ3v) is 5.27. The van der Waals surface area contributed by atoms with Gasteiger partial charge < -0.3 is 16.0 Å². The zero-order valence-corrected chi connectivity index (χ0v) is 18.4. The first-order chi connectivity index (χ1) is 16.2. The molecule has 0 saturated heterocycles. The molecular weight excluding hydrogens is 412 g/mol. The topological polar surface area (TPSA) is 87.4 Å². The number of nitrogens with zero attached hydrogens (tertiary/aromatic N) is 4. The molecule has 0 bridgehead atoms. The van der Waals surface area contributed by atoms with E-state index < -0.39 is 0 Å². The van der Waals surface area contributed by atoms with E-state index in [4.69, 9.17) is 5.73 Å². The molecule has 33 heavy (non-hydrogen) atoms. The Morgan fingerprint density at radius 1 is 0.848 bits per heavy atom. The number of carbonyl (C=O) groups excluding carboxylic acids is 1. The summed E-state index contributed by atoms with van der Waals surface area (Å²) in [4.78, 5) is 24.8. The van der Waals surface area contributed by atoms with Gasteiger partial charge in [-0.25, -0.2) is 9.97 Å². The van der Waals surface area contributed by atoms with Crippen LogP contribution in [0.4, 0.5) is 28.7 Å². The van der Waals surface area contributed by atoms with Crippen molar-refractivity contribution in [1.82, 2.24) is 9.97 Å². The lowest BCUT2D eigenvalue weighted by Gasteiger charge is -2.28. The van der Waals surface area contributed by atoms with E-state index in [-0.39, 0.29) is 0 Å². The smallest absolute Gasteiger partial charge is 0.219 e. The fourth-order valence-electron chi connectivity index (χ4n) is 3.73. The molecule has 166 valence electrons. The Hall–Kier alpha value is -4.39. The van der Waals surface area contributed by atoms with Crippen LogP contribution in [0.2, 0.25) is 0 Å². The maximum absolute atomic E-state index is 12.1.